The SMILES string of the molecule is CCCCCS(=O)(=O)c1ccc(CNC(=O)c2cnc3c(c2)CN(C[C@H]2CC[C@H](C(F)(F)F)CC2)[C@H]3C(C)C)nc1. The topological polar surface area (TPSA) is 92.3 Å². The van der Waals surface area contributed by atoms with Gasteiger partial charge >= 0.3 is 6.18 Å². The lowest BCUT2D eigenvalue weighted by molar-refractivity contribution is -0.184. The molecule has 7 nitrogen and oxygen atoms in total. The summed E-state index contributed by atoms with van der Waals surface area (Å²) >= 11 is 0. The number of nitrogens with one attached hydrogen (secondary N) is 1. The number of alkyl halides is 3. The predicted molar refractivity (Wildman–Crippen MR) is 151 cm³/mol. The van der Waals surface area contributed by atoms with Crippen LogP contribution in [0.5, 0.6) is 0 Å². The number of rotatable bonds is 11. The maximum Gasteiger partial charge on any atom is 0.391 e. The lowest BCUT2D eigenvalue weighted by atomic mass is 9.81. The highest BCUT2D eigenvalue weighted by Gasteiger charge is 2.42. The first-order valence-electron chi connectivity index (χ1n) is 14.6. The van der Waals surface area contributed by atoms with Crippen molar-refractivity contribution in [1.82, 2.24) is 20.2 Å². The van der Waals surface area contributed by atoms with Gasteiger partial charge in [-0.15, -0.1) is 0 Å². The molecule has 2 aliphatic rings. The zero-order valence-corrected chi connectivity index (χ0v) is 24.9. The van der Waals surface area contributed by atoms with Crippen LogP contribution in [0.1, 0.15) is 99.1 Å². The third kappa shape index (κ3) is 7.85. The summed E-state index contributed by atoms with van der Waals surface area (Å²) in [5.74, 6) is -0.909. The first-order chi connectivity index (χ1) is 19.4. The van der Waals surface area contributed by atoms with Crippen LogP contribution in [0, 0.1) is 17.8 Å². The average Bonchev–Trinajstić information content (AvgIpc) is 3.29. The maximum atomic E-state index is 13.1. The first-order valence-corrected chi connectivity index (χ1v) is 16.3. The fourth-order valence-electron chi connectivity index (χ4n) is 6.08. The molecule has 2 aromatic heterocycles. The van der Waals surface area contributed by atoms with Crippen molar-refractivity contribution in [1.29, 1.82) is 0 Å². The molecule has 1 atom stereocenters. The van der Waals surface area contributed by atoms with Gasteiger partial charge in [0.15, 0.2) is 9.84 Å². The summed E-state index contributed by atoms with van der Waals surface area (Å²) in [4.78, 5) is 24.3. The van der Waals surface area contributed by atoms with E-state index in [1.54, 1.807) is 12.3 Å². The van der Waals surface area contributed by atoms with E-state index < -0.39 is 21.9 Å². The molecule has 1 N–H and O–H groups in total. The van der Waals surface area contributed by atoms with Crippen molar-refractivity contribution in [3.05, 3.63) is 53.1 Å². The molecule has 11 heteroatoms. The quantitative estimate of drug-likeness (QED) is 0.309. The summed E-state index contributed by atoms with van der Waals surface area (Å²) in [6.45, 7) is 7.73. The van der Waals surface area contributed by atoms with Crippen LogP contribution in [-0.2, 0) is 22.9 Å². The van der Waals surface area contributed by atoms with Crippen LogP contribution in [0.3, 0.4) is 0 Å². The highest BCUT2D eigenvalue weighted by Crippen LogP contribution is 2.43. The number of hydrogen-bond acceptors (Lipinski definition) is 6. The number of carbonyl (C=O) groups excluding carboxylic acids is 1. The molecular formula is C30H41F3N4O3S. The zero-order valence-electron chi connectivity index (χ0n) is 24.1. The molecular weight excluding hydrogens is 553 g/mol. The number of nitrogens with zero attached hydrogens (tertiary/aromatic N) is 3. The third-order valence-electron chi connectivity index (χ3n) is 8.35. The second-order valence-corrected chi connectivity index (χ2v) is 13.9. The van der Waals surface area contributed by atoms with Crippen LogP contribution in [0.25, 0.3) is 0 Å². The van der Waals surface area contributed by atoms with E-state index in [1.165, 1.54) is 12.3 Å². The van der Waals surface area contributed by atoms with Gasteiger partial charge in [-0.05, 0) is 67.7 Å². The summed E-state index contributed by atoms with van der Waals surface area (Å²) in [7, 11) is -3.37. The Morgan fingerprint density at radius 1 is 1.10 bits per heavy atom. The normalized spacial score (nSPS) is 21.7. The van der Waals surface area contributed by atoms with Gasteiger partial charge in [-0.2, -0.15) is 13.2 Å². The molecule has 0 spiro atoms. The molecule has 0 unspecified atom stereocenters. The fraction of sp³-hybridized carbons (Fsp3) is 0.633. The molecule has 4 rings (SSSR count). The van der Waals surface area contributed by atoms with E-state index >= 15 is 0 Å². The number of aromatic nitrogens is 2. The van der Waals surface area contributed by atoms with E-state index in [2.05, 4.69) is 34.0 Å². The smallest absolute Gasteiger partial charge is 0.346 e. The largest absolute Gasteiger partial charge is 0.391 e. The molecule has 3 heterocycles. The average molecular weight is 595 g/mol. The van der Waals surface area contributed by atoms with Crippen molar-refractivity contribution in [2.45, 2.75) is 95.9 Å². The van der Waals surface area contributed by atoms with Crippen LogP contribution in [0.4, 0.5) is 13.2 Å². The number of hydrogen-bond donors (Lipinski definition) is 1. The Morgan fingerprint density at radius 2 is 1.83 bits per heavy atom. The molecule has 0 bridgehead atoms. The van der Waals surface area contributed by atoms with Crippen LogP contribution >= 0.6 is 0 Å². The third-order valence-corrected chi connectivity index (χ3v) is 10.1. The maximum absolute atomic E-state index is 13.1. The van der Waals surface area contributed by atoms with Crippen molar-refractivity contribution >= 4 is 15.7 Å². The minimum atomic E-state index is -4.11. The minimum absolute atomic E-state index is 0.0587. The number of pyridine rings is 2. The van der Waals surface area contributed by atoms with Gasteiger partial charge in [0.2, 0.25) is 0 Å². The fourth-order valence-corrected chi connectivity index (χ4v) is 7.39. The van der Waals surface area contributed by atoms with E-state index in [1.807, 2.05) is 13.0 Å². The molecule has 41 heavy (non-hydrogen) atoms. The summed E-state index contributed by atoms with van der Waals surface area (Å²) in [6.07, 6.45) is 2.75. The summed E-state index contributed by atoms with van der Waals surface area (Å²) < 4.78 is 64.2. The van der Waals surface area contributed by atoms with Gasteiger partial charge in [-0.1, -0.05) is 33.6 Å². The summed E-state index contributed by atoms with van der Waals surface area (Å²) in [6, 6.07) is 5.06. The van der Waals surface area contributed by atoms with Gasteiger partial charge in [0.05, 0.1) is 46.1 Å². The minimum Gasteiger partial charge on any atom is -0.346 e. The second kappa shape index (κ2) is 13.2. The summed E-state index contributed by atoms with van der Waals surface area (Å²) in [5.41, 5.74) is 2.87. The van der Waals surface area contributed by atoms with Crippen molar-refractivity contribution in [3.8, 4) is 0 Å². The Morgan fingerprint density at radius 3 is 2.44 bits per heavy atom. The van der Waals surface area contributed by atoms with Gasteiger partial charge in [-0.3, -0.25) is 19.7 Å². The molecule has 226 valence electrons. The molecule has 1 amide bonds. The summed E-state index contributed by atoms with van der Waals surface area (Å²) in [5, 5.41) is 2.84. The van der Waals surface area contributed by atoms with Crippen molar-refractivity contribution < 1.29 is 26.4 Å². The Hall–Kier alpha value is -2.53. The Kier molecular flexibility index (Phi) is 10.1. The number of halogens is 3. The van der Waals surface area contributed by atoms with Gasteiger partial charge in [0.25, 0.3) is 5.91 Å². The molecule has 0 radical (unpaired) electrons. The Balaban J connectivity index is 1.35. The van der Waals surface area contributed by atoms with Gasteiger partial charge in [-0.25, -0.2) is 8.42 Å². The van der Waals surface area contributed by atoms with Crippen LogP contribution in [0.15, 0.2) is 35.5 Å². The van der Waals surface area contributed by atoms with E-state index in [9.17, 15) is 26.4 Å². The number of amides is 1. The molecule has 1 saturated carbocycles. The monoisotopic (exact) mass is 594 g/mol. The van der Waals surface area contributed by atoms with Crippen LogP contribution < -0.4 is 5.32 Å². The number of unbranched alkanes of at least 4 members (excludes halogenated alkanes) is 2. The molecule has 1 fully saturated rings. The highest BCUT2D eigenvalue weighted by molar-refractivity contribution is 7.91. The predicted octanol–water partition coefficient (Wildman–Crippen LogP) is 6.25. The first kappa shape index (κ1) is 31.4. The van der Waals surface area contributed by atoms with Crippen molar-refractivity contribution in [3.63, 3.8) is 0 Å². The van der Waals surface area contributed by atoms with Crippen molar-refractivity contribution in [2.24, 2.45) is 17.8 Å². The Bertz CT molecular complexity index is 1290. The van der Waals surface area contributed by atoms with Gasteiger partial charge in [0.1, 0.15) is 0 Å². The zero-order chi connectivity index (χ0) is 29.8. The van der Waals surface area contributed by atoms with Gasteiger partial charge in [0, 0.05) is 25.5 Å². The lowest BCUT2D eigenvalue weighted by Gasteiger charge is -2.35. The standard InChI is InChI=1S/C30H41F3N4O3S/c1-4-5-6-13-41(39,40)26-12-11-25(34-17-26)16-36-29(38)22-14-23-19-37(28(20(2)3)27(23)35-15-22)18-21-7-9-24(10-8-21)30(31,32)33/h11-12,14-15,17,20-21,24,28H,4-10,13,16,18-19H2,1-3H3,(H,36,38)/t21-,24-,28-/m0/s1. The van der Waals surface area contributed by atoms with E-state index in [4.69, 9.17) is 0 Å². The lowest BCUT2D eigenvalue weighted by Crippen LogP contribution is -2.35. The molecule has 0 saturated heterocycles. The molecule has 2 aromatic rings. The Labute approximate surface area is 241 Å². The number of carbonyl (C=O) groups is 1. The van der Waals surface area contributed by atoms with Crippen molar-refractivity contribution in [2.75, 3.05) is 12.3 Å². The number of sulfone groups is 1. The molecule has 1 aliphatic carbocycles. The van der Waals surface area contributed by atoms with E-state index in [0.717, 1.165) is 30.6 Å². The van der Waals surface area contributed by atoms with E-state index in [-0.39, 0.29) is 53.8 Å². The van der Waals surface area contributed by atoms with Crippen LogP contribution in [-0.4, -0.2) is 47.7 Å². The number of fused-ring (bicyclic) bond motifs is 1. The highest BCUT2D eigenvalue weighted by atomic mass is 32.2. The second-order valence-electron chi connectivity index (χ2n) is 11.8. The molecule has 1 aliphatic heterocycles. The van der Waals surface area contributed by atoms with Gasteiger partial charge < -0.3 is 5.32 Å². The molecule has 0 aromatic carbocycles. The van der Waals surface area contributed by atoms with E-state index in [0.29, 0.717) is 37.1 Å². The van der Waals surface area contributed by atoms with Crippen LogP contribution in [0.2, 0.25) is 0 Å².